The zero-order valence-corrected chi connectivity index (χ0v) is 11.8. The first-order valence-electron chi connectivity index (χ1n) is 6.14. The van der Waals surface area contributed by atoms with E-state index in [2.05, 4.69) is 6.07 Å². The van der Waals surface area contributed by atoms with Gasteiger partial charge in [0.05, 0.1) is 5.56 Å². The Bertz CT molecular complexity index is 633. The first kappa shape index (κ1) is 13.5. The highest BCUT2D eigenvalue weighted by molar-refractivity contribution is 6.30. The molecule has 0 aliphatic rings. The summed E-state index contributed by atoms with van der Waals surface area (Å²) >= 11 is 5.86. The minimum Gasteiger partial charge on any atom is -0.384 e. The molecule has 0 atom stereocenters. The lowest BCUT2D eigenvalue weighted by Gasteiger charge is -2.09. The Kier molecular flexibility index (Phi) is 3.82. The molecule has 0 aliphatic heterocycles. The molecule has 98 valence electrons. The summed E-state index contributed by atoms with van der Waals surface area (Å²) in [4.78, 5) is 0. The Balaban J connectivity index is 2.21. The van der Waals surface area contributed by atoms with Crippen molar-refractivity contribution in [1.29, 1.82) is 5.26 Å². The van der Waals surface area contributed by atoms with Crippen molar-refractivity contribution in [1.82, 2.24) is 4.57 Å². The lowest BCUT2D eigenvalue weighted by atomic mass is 10.1. The molecule has 0 aliphatic carbocycles. The smallest absolute Gasteiger partial charge is 0.122 e. The molecular formula is C15H16ClN3. The number of benzene rings is 1. The van der Waals surface area contributed by atoms with Crippen LogP contribution in [0.5, 0.6) is 0 Å². The van der Waals surface area contributed by atoms with Crippen LogP contribution in [0.4, 0.5) is 5.82 Å². The lowest BCUT2D eigenvalue weighted by molar-refractivity contribution is 0.688. The normalized spacial score (nSPS) is 10.4. The van der Waals surface area contributed by atoms with Crippen LogP contribution in [0.15, 0.2) is 24.3 Å². The second-order valence-electron chi connectivity index (χ2n) is 4.61. The first-order chi connectivity index (χ1) is 9.04. The molecule has 1 aromatic heterocycles. The van der Waals surface area contributed by atoms with Gasteiger partial charge in [0.2, 0.25) is 0 Å². The van der Waals surface area contributed by atoms with E-state index in [9.17, 15) is 0 Å². The predicted octanol–water partition coefficient (Wildman–Crippen LogP) is 3.45. The molecule has 1 aromatic carbocycles. The molecule has 3 nitrogen and oxygen atoms in total. The molecule has 2 aromatic rings. The van der Waals surface area contributed by atoms with E-state index in [-0.39, 0.29) is 0 Å². The van der Waals surface area contributed by atoms with Gasteiger partial charge in [-0.15, -0.1) is 0 Å². The summed E-state index contributed by atoms with van der Waals surface area (Å²) in [6.45, 7) is 4.69. The van der Waals surface area contributed by atoms with Crippen molar-refractivity contribution in [3.8, 4) is 6.07 Å². The van der Waals surface area contributed by atoms with Gasteiger partial charge in [-0.2, -0.15) is 5.26 Å². The molecule has 4 heteroatoms. The summed E-state index contributed by atoms with van der Waals surface area (Å²) in [6.07, 6.45) is 0.862. The van der Waals surface area contributed by atoms with Crippen molar-refractivity contribution in [3.63, 3.8) is 0 Å². The van der Waals surface area contributed by atoms with Crippen molar-refractivity contribution in [2.45, 2.75) is 26.8 Å². The van der Waals surface area contributed by atoms with Crippen LogP contribution in [0.2, 0.25) is 5.02 Å². The third-order valence-electron chi connectivity index (χ3n) is 3.52. The maximum absolute atomic E-state index is 9.09. The number of rotatable bonds is 3. The summed E-state index contributed by atoms with van der Waals surface area (Å²) in [5.41, 5.74) is 9.84. The van der Waals surface area contributed by atoms with E-state index >= 15 is 0 Å². The Morgan fingerprint density at radius 3 is 2.42 bits per heavy atom. The number of aromatic nitrogens is 1. The second kappa shape index (κ2) is 5.38. The van der Waals surface area contributed by atoms with Crippen LogP contribution < -0.4 is 5.73 Å². The molecule has 2 rings (SSSR count). The molecule has 0 radical (unpaired) electrons. The van der Waals surface area contributed by atoms with Gasteiger partial charge in [-0.05, 0) is 43.5 Å². The number of nitrogens with zero attached hydrogens (tertiary/aromatic N) is 2. The minimum atomic E-state index is 0.562. The van der Waals surface area contributed by atoms with Gasteiger partial charge in [-0.3, -0.25) is 0 Å². The average Bonchev–Trinajstić information content (AvgIpc) is 2.60. The Hall–Kier alpha value is -1.92. The summed E-state index contributed by atoms with van der Waals surface area (Å²) in [7, 11) is 0. The van der Waals surface area contributed by atoms with Crippen LogP contribution >= 0.6 is 11.6 Å². The Labute approximate surface area is 118 Å². The van der Waals surface area contributed by atoms with Gasteiger partial charge in [0.25, 0.3) is 0 Å². The molecule has 0 spiro atoms. The summed E-state index contributed by atoms with van der Waals surface area (Å²) in [6, 6.07) is 9.95. The van der Waals surface area contributed by atoms with Gasteiger partial charge in [-0.1, -0.05) is 23.7 Å². The fraction of sp³-hybridized carbons (Fsp3) is 0.267. The number of halogens is 1. The van der Waals surface area contributed by atoms with Crippen molar-refractivity contribution in [3.05, 3.63) is 51.7 Å². The highest BCUT2D eigenvalue weighted by Gasteiger charge is 2.14. The maximum atomic E-state index is 9.09. The van der Waals surface area contributed by atoms with E-state index in [1.165, 1.54) is 5.56 Å². The Morgan fingerprint density at radius 1 is 1.26 bits per heavy atom. The number of hydrogen-bond donors (Lipinski definition) is 1. The first-order valence-corrected chi connectivity index (χ1v) is 6.52. The topological polar surface area (TPSA) is 54.7 Å². The summed E-state index contributed by atoms with van der Waals surface area (Å²) in [5, 5.41) is 9.83. The fourth-order valence-electron chi connectivity index (χ4n) is 2.21. The number of anilines is 1. The third kappa shape index (κ3) is 2.59. The van der Waals surface area contributed by atoms with Crippen LogP contribution in [-0.4, -0.2) is 4.57 Å². The minimum absolute atomic E-state index is 0.562. The van der Waals surface area contributed by atoms with E-state index in [4.69, 9.17) is 22.6 Å². The van der Waals surface area contributed by atoms with Crippen LogP contribution in [0.25, 0.3) is 0 Å². The predicted molar refractivity (Wildman–Crippen MR) is 78.2 cm³/mol. The Morgan fingerprint density at radius 2 is 1.89 bits per heavy atom. The van der Waals surface area contributed by atoms with E-state index in [1.54, 1.807) is 0 Å². The lowest BCUT2D eigenvalue weighted by Crippen LogP contribution is -2.07. The third-order valence-corrected chi connectivity index (χ3v) is 3.77. The van der Waals surface area contributed by atoms with Gasteiger partial charge < -0.3 is 10.3 Å². The number of nitrogen functional groups attached to an aromatic ring is 1. The second-order valence-corrected chi connectivity index (χ2v) is 5.05. The van der Waals surface area contributed by atoms with Gasteiger partial charge in [0, 0.05) is 17.3 Å². The molecule has 0 saturated carbocycles. The van der Waals surface area contributed by atoms with Crippen LogP contribution in [-0.2, 0) is 13.0 Å². The summed E-state index contributed by atoms with van der Waals surface area (Å²) < 4.78 is 2.00. The molecule has 0 bridgehead atoms. The molecule has 19 heavy (non-hydrogen) atoms. The van der Waals surface area contributed by atoms with E-state index in [0.717, 1.165) is 29.2 Å². The highest BCUT2D eigenvalue weighted by Crippen LogP contribution is 2.23. The molecule has 0 saturated heterocycles. The SMILES string of the molecule is Cc1c(C#N)c(N)n(CCc2ccc(Cl)cc2)c1C. The fourth-order valence-corrected chi connectivity index (χ4v) is 2.34. The molecule has 0 unspecified atom stereocenters. The van der Waals surface area contributed by atoms with Crippen LogP contribution in [0.3, 0.4) is 0 Å². The van der Waals surface area contributed by atoms with Gasteiger partial charge in [-0.25, -0.2) is 0 Å². The number of aryl methyl sites for hydroxylation is 1. The maximum Gasteiger partial charge on any atom is 0.122 e. The van der Waals surface area contributed by atoms with E-state index in [0.29, 0.717) is 11.4 Å². The molecule has 0 fully saturated rings. The average molecular weight is 274 g/mol. The zero-order chi connectivity index (χ0) is 14.0. The summed E-state index contributed by atoms with van der Waals surface area (Å²) in [5.74, 6) is 0.562. The van der Waals surface area contributed by atoms with E-state index < -0.39 is 0 Å². The van der Waals surface area contributed by atoms with Crippen molar-refractivity contribution in [2.24, 2.45) is 0 Å². The van der Waals surface area contributed by atoms with E-state index in [1.807, 2.05) is 42.7 Å². The standard InChI is InChI=1S/C15H16ClN3/c1-10-11(2)19(15(18)14(10)9-17)8-7-12-3-5-13(16)6-4-12/h3-6H,7-8,18H2,1-2H3. The molecular weight excluding hydrogens is 258 g/mol. The monoisotopic (exact) mass is 273 g/mol. The van der Waals surface area contributed by atoms with Crippen molar-refractivity contribution < 1.29 is 0 Å². The number of nitriles is 1. The van der Waals surface area contributed by atoms with Crippen LogP contribution in [0, 0.1) is 25.2 Å². The molecule has 0 amide bonds. The van der Waals surface area contributed by atoms with Gasteiger partial charge in [0.15, 0.2) is 0 Å². The number of nitrogens with two attached hydrogens (primary N) is 1. The van der Waals surface area contributed by atoms with Crippen molar-refractivity contribution in [2.75, 3.05) is 5.73 Å². The van der Waals surface area contributed by atoms with Gasteiger partial charge >= 0.3 is 0 Å². The van der Waals surface area contributed by atoms with Gasteiger partial charge in [0.1, 0.15) is 11.9 Å². The zero-order valence-electron chi connectivity index (χ0n) is 11.1. The van der Waals surface area contributed by atoms with Crippen molar-refractivity contribution >= 4 is 17.4 Å². The quantitative estimate of drug-likeness (QED) is 0.931. The number of hydrogen-bond acceptors (Lipinski definition) is 2. The largest absolute Gasteiger partial charge is 0.384 e. The van der Waals surface area contributed by atoms with Crippen LogP contribution in [0.1, 0.15) is 22.4 Å². The molecule has 2 N–H and O–H groups in total. The molecule has 1 heterocycles. The highest BCUT2D eigenvalue weighted by atomic mass is 35.5.